The fraction of sp³-hybridized carbons (Fsp3) is 0.531. The largest absolute Gasteiger partial charge is 0.497 e. The van der Waals surface area contributed by atoms with Crippen molar-refractivity contribution in [3.8, 4) is 5.75 Å². The van der Waals surface area contributed by atoms with Crippen molar-refractivity contribution in [2.24, 2.45) is 0 Å². The number of amides is 2. The molecule has 1 aromatic carbocycles. The molecule has 1 saturated carbocycles. The second-order valence-corrected chi connectivity index (χ2v) is 18.3. The van der Waals surface area contributed by atoms with Crippen LogP contribution < -0.4 is 10.1 Å². The third-order valence-electron chi connectivity index (χ3n) is 9.48. The van der Waals surface area contributed by atoms with Gasteiger partial charge in [0, 0.05) is 19.9 Å². The van der Waals surface area contributed by atoms with Crippen molar-refractivity contribution in [1.29, 1.82) is 0 Å². The summed E-state index contributed by atoms with van der Waals surface area (Å²) >= 11 is 0. The zero-order chi connectivity index (χ0) is 34.2. The molecule has 0 radical (unpaired) electrons. The molecule has 250 valence electrons. The van der Waals surface area contributed by atoms with Gasteiger partial charge in [-0.2, -0.15) is 9.78 Å². The Bertz CT molecular complexity index is 1590. The van der Waals surface area contributed by atoms with Crippen molar-refractivity contribution in [2.75, 3.05) is 19.5 Å². The van der Waals surface area contributed by atoms with Gasteiger partial charge in [0.15, 0.2) is 8.32 Å². The van der Waals surface area contributed by atoms with E-state index < -0.39 is 62.5 Å². The summed E-state index contributed by atoms with van der Waals surface area (Å²) in [6, 6.07) is 8.57. The van der Waals surface area contributed by atoms with E-state index in [0.29, 0.717) is 11.3 Å². The average molecular weight is 660 g/mol. The third-order valence-corrected chi connectivity index (χ3v) is 14.1. The first-order valence-electron chi connectivity index (χ1n) is 15.2. The predicted molar refractivity (Wildman–Crippen MR) is 172 cm³/mol. The molecule has 2 aromatic heterocycles. The summed E-state index contributed by atoms with van der Waals surface area (Å²) in [5, 5.41) is 15.7. The summed E-state index contributed by atoms with van der Waals surface area (Å²) in [5.41, 5.74) is -0.256. The van der Waals surface area contributed by atoms with E-state index in [2.05, 4.69) is 36.2 Å². The highest BCUT2D eigenvalue weighted by molar-refractivity contribution is 6.74. The van der Waals surface area contributed by atoms with Gasteiger partial charge in [0.2, 0.25) is 11.8 Å². The van der Waals surface area contributed by atoms with E-state index in [1.54, 1.807) is 31.2 Å². The highest BCUT2D eigenvalue weighted by Crippen LogP contribution is 2.47. The fourth-order valence-corrected chi connectivity index (χ4v) is 7.20. The maximum atomic E-state index is 14.6. The minimum absolute atomic E-state index is 0.104. The number of carbonyl (C=O) groups excluding carboxylic acids is 2. The first kappa shape index (κ1) is 35.0. The van der Waals surface area contributed by atoms with Gasteiger partial charge in [0.05, 0.1) is 30.3 Å². The average Bonchev–Trinajstić information content (AvgIpc) is 3.40. The smallest absolute Gasteiger partial charge is 0.432 e. The Morgan fingerprint density at radius 2 is 1.67 bits per heavy atom. The number of nitrogens with one attached hydrogen (secondary N) is 1. The van der Waals surface area contributed by atoms with Gasteiger partial charge in [-0.15, -0.1) is 0 Å². The van der Waals surface area contributed by atoms with Crippen LogP contribution in [0.4, 0.5) is 19.4 Å². The number of benzene rings is 1. The second kappa shape index (κ2) is 12.7. The molecule has 2 atom stereocenters. The Hall–Kier alpha value is -3.91. The van der Waals surface area contributed by atoms with Crippen LogP contribution in [0, 0.1) is 0 Å². The molecule has 11 nitrogen and oxygen atoms in total. The number of likely N-dealkylation sites (N-methyl/N-ethyl adjacent to an activating group) is 1. The number of fused-ring (bicyclic) bond motifs is 1. The van der Waals surface area contributed by atoms with E-state index in [4.69, 9.17) is 9.16 Å². The van der Waals surface area contributed by atoms with Crippen molar-refractivity contribution >= 4 is 43.1 Å². The monoisotopic (exact) mass is 659 g/mol. The summed E-state index contributed by atoms with van der Waals surface area (Å²) in [4.78, 5) is 45.9. The molecule has 1 aliphatic rings. The van der Waals surface area contributed by atoms with Crippen LogP contribution >= 0.6 is 0 Å². The van der Waals surface area contributed by atoms with E-state index in [1.807, 2.05) is 13.1 Å². The lowest BCUT2D eigenvalue weighted by Crippen LogP contribution is -2.59. The molecule has 46 heavy (non-hydrogen) atoms. The Morgan fingerprint density at radius 1 is 1.07 bits per heavy atom. The zero-order valence-electron chi connectivity index (χ0n) is 27.6. The molecule has 1 fully saturated rings. The van der Waals surface area contributed by atoms with Gasteiger partial charge in [0.25, 0.3) is 5.91 Å². The van der Waals surface area contributed by atoms with Crippen LogP contribution in [0.25, 0.3) is 11.0 Å². The zero-order valence-corrected chi connectivity index (χ0v) is 28.6. The maximum Gasteiger partial charge on any atom is 0.432 e. The molecule has 2 amide bonds. The molecule has 1 unspecified atom stereocenters. The second-order valence-electron chi connectivity index (χ2n) is 13.5. The lowest BCUT2D eigenvalue weighted by molar-refractivity contribution is -0.149. The number of carboxylic acid groups (broad SMARTS) is 1. The quantitative estimate of drug-likeness (QED) is 0.256. The molecule has 0 saturated heterocycles. The number of hydrogen-bond donors (Lipinski definition) is 2. The van der Waals surface area contributed by atoms with E-state index in [-0.39, 0.29) is 34.7 Å². The summed E-state index contributed by atoms with van der Waals surface area (Å²) in [6.45, 7) is 12.0. The Kier molecular flexibility index (Phi) is 9.65. The first-order valence-corrected chi connectivity index (χ1v) is 18.1. The number of rotatable bonds is 9. The number of alkyl halides is 2. The first-order chi connectivity index (χ1) is 21.3. The van der Waals surface area contributed by atoms with Gasteiger partial charge in [-0.1, -0.05) is 32.9 Å². The maximum absolute atomic E-state index is 14.6. The molecule has 0 spiro atoms. The lowest BCUT2D eigenvalue weighted by atomic mass is 9.67. The summed E-state index contributed by atoms with van der Waals surface area (Å²) in [5.74, 6) is -3.28. The van der Waals surface area contributed by atoms with Gasteiger partial charge in [-0.25, -0.2) is 18.6 Å². The summed E-state index contributed by atoms with van der Waals surface area (Å²) in [6.07, 6.45) is -1.95. The molecule has 0 aliphatic heterocycles. The molecule has 1 aliphatic carbocycles. The lowest BCUT2D eigenvalue weighted by Gasteiger charge is -2.45. The van der Waals surface area contributed by atoms with Crippen LogP contribution in [-0.2, 0) is 19.4 Å². The van der Waals surface area contributed by atoms with Gasteiger partial charge in [-0.05, 0) is 67.7 Å². The number of hydrogen-bond acceptors (Lipinski definition) is 7. The van der Waals surface area contributed by atoms with Crippen LogP contribution in [0.5, 0.6) is 5.75 Å². The topological polar surface area (TPSA) is 136 Å². The van der Waals surface area contributed by atoms with Crippen molar-refractivity contribution < 1.29 is 37.4 Å². The van der Waals surface area contributed by atoms with Crippen LogP contribution in [0.15, 0.2) is 42.6 Å². The molecular formula is C32H43F2N5O6Si. The van der Waals surface area contributed by atoms with Crippen LogP contribution in [0.1, 0.15) is 58.9 Å². The number of pyridine rings is 1. The normalized spacial score (nSPS) is 17.6. The van der Waals surface area contributed by atoms with Crippen molar-refractivity contribution in [2.45, 2.75) is 95.0 Å². The molecule has 0 bridgehead atoms. The molecule has 3 aromatic rings. The molecule has 14 heteroatoms. The van der Waals surface area contributed by atoms with Gasteiger partial charge >= 0.3 is 6.09 Å². The molecular weight excluding hydrogens is 616 g/mol. The van der Waals surface area contributed by atoms with Crippen LogP contribution in [0.2, 0.25) is 18.1 Å². The number of nitrogens with zero attached hydrogens (tertiary/aromatic N) is 4. The van der Waals surface area contributed by atoms with E-state index >= 15 is 0 Å². The SMILES string of the molecule is COc1ccc(C2(C(=O)N(C)[C@@H](C(=O)Nc3ccc4c(cnn4C(=O)O)n3)C(C)O[Si](C)(C)C(C)(C)C)CCC(F)(F)CC2)cc1. The standard InChI is InChI=1S/C32H43F2N5O6Si/c1-20(45-46(7,8)30(2,3)4)26(27(40)37-25-14-13-24-23(36-25)19-35-39(24)29(42)43)38(5)28(41)31(15-17-32(33,34)18-16-31)21-9-11-22(44-6)12-10-21/h9-14,19-20,26H,15-18H2,1-8H3,(H,42,43)(H,36,37,40)/t20?,26-/m1/s1. The van der Waals surface area contributed by atoms with Crippen LogP contribution in [0.3, 0.4) is 0 Å². The van der Waals surface area contributed by atoms with Gasteiger partial charge in [0.1, 0.15) is 23.1 Å². The number of carbonyl (C=O) groups is 3. The van der Waals surface area contributed by atoms with Crippen LogP contribution in [-0.4, -0.2) is 83.2 Å². The molecule has 2 N–H and O–H groups in total. The van der Waals surface area contributed by atoms with E-state index in [9.17, 15) is 28.3 Å². The van der Waals surface area contributed by atoms with E-state index in [0.717, 1.165) is 4.68 Å². The molecule has 2 heterocycles. The number of ether oxygens (including phenoxy) is 1. The Labute approximate surface area is 268 Å². The molecule has 4 rings (SSSR count). The predicted octanol–water partition coefficient (Wildman–Crippen LogP) is 6.29. The van der Waals surface area contributed by atoms with Crippen molar-refractivity contribution in [1.82, 2.24) is 19.7 Å². The van der Waals surface area contributed by atoms with Gasteiger partial charge < -0.3 is 24.5 Å². The van der Waals surface area contributed by atoms with Gasteiger partial charge in [-0.3, -0.25) is 9.59 Å². The highest BCUT2D eigenvalue weighted by Gasteiger charge is 2.52. The fourth-order valence-electron chi connectivity index (χ4n) is 5.79. The minimum Gasteiger partial charge on any atom is -0.497 e. The summed E-state index contributed by atoms with van der Waals surface area (Å²) in [7, 11) is 0.561. The summed E-state index contributed by atoms with van der Waals surface area (Å²) < 4.78 is 41.7. The Morgan fingerprint density at radius 3 is 2.22 bits per heavy atom. The van der Waals surface area contributed by atoms with Crippen molar-refractivity contribution in [3.63, 3.8) is 0 Å². The van der Waals surface area contributed by atoms with Crippen molar-refractivity contribution in [3.05, 3.63) is 48.2 Å². The number of methoxy groups -OCH3 is 1. The number of aromatic nitrogens is 3. The number of anilines is 1. The number of halogens is 2. The highest BCUT2D eigenvalue weighted by atomic mass is 28.4. The van der Waals surface area contributed by atoms with E-state index in [1.165, 1.54) is 37.4 Å². The minimum atomic E-state index is -2.90. The Balaban J connectivity index is 1.73. The third kappa shape index (κ3) is 6.92.